The number of benzene rings is 1. The van der Waals surface area contributed by atoms with E-state index < -0.39 is 6.03 Å². The van der Waals surface area contributed by atoms with Gasteiger partial charge in [0.05, 0.1) is 6.54 Å². The summed E-state index contributed by atoms with van der Waals surface area (Å²) >= 11 is 0. The van der Waals surface area contributed by atoms with Gasteiger partial charge >= 0.3 is 6.03 Å². The third kappa shape index (κ3) is 5.85. The van der Waals surface area contributed by atoms with Gasteiger partial charge < -0.3 is 16.4 Å². The van der Waals surface area contributed by atoms with Crippen LogP contribution in [-0.4, -0.2) is 43.0 Å². The standard InChI is InChI=1S/C18H28N4O2/c1-13-5-6-15(8-14(13)2)11-22-7-3-4-16(12-22)9-20-17(23)10-21-18(19)24/h5-6,8,16H,3-4,7,9-12H2,1-2H3,(H,20,23)(H3,19,21,24)/t16-/m0/s1. The van der Waals surface area contributed by atoms with E-state index in [4.69, 9.17) is 5.73 Å². The number of primary amides is 1. The van der Waals surface area contributed by atoms with E-state index in [9.17, 15) is 9.59 Å². The molecule has 6 nitrogen and oxygen atoms in total. The van der Waals surface area contributed by atoms with Gasteiger partial charge in [-0.3, -0.25) is 9.69 Å². The first-order valence-corrected chi connectivity index (χ1v) is 8.52. The van der Waals surface area contributed by atoms with Crippen LogP contribution < -0.4 is 16.4 Å². The quantitative estimate of drug-likeness (QED) is 0.734. The molecule has 132 valence electrons. The number of nitrogens with two attached hydrogens (primary N) is 1. The minimum atomic E-state index is -0.678. The molecule has 0 radical (unpaired) electrons. The molecule has 1 aliphatic heterocycles. The molecule has 6 heteroatoms. The number of likely N-dealkylation sites (tertiary alicyclic amines) is 1. The number of carbonyl (C=O) groups is 2. The molecule has 1 saturated heterocycles. The predicted molar refractivity (Wildman–Crippen MR) is 94.5 cm³/mol. The molecule has 1 fully saturated rings. The van der Waals surface area contributed by atoms with Crippen LogP contribution in [0.3, 0.4) is 0 Å². The van der Waals surface area contributed by atoms with Gasteiger partial charge in [-0.2, -0.15) is 0 Å². The number of nitrogens with zero attached hydrogens (tertiary/aromatic N) is 1. The van der Waals surface area contributed by atoms with Crippen LogP contribution in [0.25, 0.3) is 0 Å². The zero-order valence-corrected chi connectivity index (χ0v) is 14.6. The van der Waals surface area contributed by atoms with E-state index >= 15 is 0 Å². The summed E-state index contributed by atoms with van der Waals surface area (Å²) in [5.41, 5.74) is 8.95. The van der Waals surface area contributed by atoms with Gasteiger partial charge in [0.1, 0.15) is 0 Å². The molecule has 24 heavy (non-hydrogen) atoms. The van der Waals surface area contributed by atoms with Crippen molar-refractivity contribution < 1.29 is 9.59 Å². The summed E-state index contributed by atoms with van der Waals surface area (Å²) in [6.07, 6.45) is 2.26. The highest BCUT2D eigenvalue weighted by atomic mass is 16.2. The summed E-state index contributed by atoms with van der Waals surface area (Å²) in [5.74, 6) is 0.253. The molecule has 1 aromatic rings. The molecule has 4 N–H and O–H groups in total. The van der Waals surface area contributed by atoms with Crippen LogP contribution in [0.5, 0.6) is 0 Å². The van der Waals surface area contributed by atoms with Gasteiger partial charge in [0, 0.05) is 19.6 Å². The number of hydrogen-bond donors (Lipinski definition) is 3. The smallest absolute Gasteiger partial charge is 0.312 e. The maximum absolute atomic E-state index is 11.6. The second-order valence-corrected chi connectivity index (χ2v) is 6.68. The zero-order chi connectivity index (χ0) is 17.5. The van der Waals surface area contributed by atoms with Gasteiger partial charge in [-0.25, -0.2) is 4.79 Å². The molecule has 1 aliphatic rings. The van der Waals surface area contributed by atoms with Gasteiger partial charge in [-0.15, -0.1) is 0 Å². The minimum Gasteiger partial charge on any atom is -0.354 e. The molecule has 0 bridgehead atoms. The molecular formula is C18H28N4O2. The molecule has 0 unspecified atom stereocenters. The molecular weight excluding hydrogens is 304 g/mol. The van der Waals surface area contributed by atoms with Crippen LogP contribution in [0, 0.1) is 19.8 Å². The normalized spacial score (nSPS) is 18.2. The fourth-order valence-corrected chi connectivity index (χ4v) is 3.11. The molecule has 0 aromatic heterocycles. The van der Waals surface area contributed by atoms with Crippen molar-refractivity contribution in [3.05, 3.63) is 34.9 Å². The highest BCUT2D eigenvalue weighted by molar-refractivity contribution is 5.83. The van der Waals surface area contributed by atoms with Crippen LogP contribution in [0.2, 0.25) is 0 Å². The number of nitrogens with one attached hydrogen (secondary N) is 2. The second kappa shape index (κ2) is 8.68. The Labute approximate surface area is 143 Å². The van der Waals surface area contributed by atoms with Crippen molar-refractivity contribution in [1.29, 1.82) is 0 Å². The summed E-state index contributed by atoms with van der Waals surface area (Å²) in [7, 11) is 0. The largest absolute Gasteiger partial charge is 0.354 e. The maximum atomic E-state index is 11.6. The Morgan fingerprint density at radius 3 is 2.75 bits per heavy atom. The molecule has 0 saturated carbocycles. The van der Waals surface area contributed by atoms with Gasteiger partial charge in [0.25, 0.3) is 0 Å². The van der Waals surface area contributed by atoms with Crippen molar-refractivity contribution in [2.24, 2.45) is 11.7 Å². The zero-order valence-electron chi connectivity index (χ0n) is 14.6. The van der Waals surface area contributed by atoms with Crippen LogP contribution >= 0.6 is 0 Å². The number of rotatable bonds is 6. The SMILES string of the molecule is Cc1ccc(CN2CCC[C@@H](CNC(=O)CNC(N)=O)C2)cc1C. The average Bonchev–Trinajstić information content (AvgIpc) is 2.55. The third-order valence-corrected chi connectivity index (χ3v) is 4.59. The van der Waals surface area contributed by atoms with E-state index in [1.807, 2.05) is 0 Å². The third-order valence-electron chi connectivity index (χ3n) is 4.59. The van der Waals surface area contributed by atoms with E-state index in [1.165, 1.54) is 16.7 Å². The summed E-state index contributed by atoms with van der Waals surface area (Å²) in [6.45, 7) is 7.89. The number of piperidine rings is 1. The number of hydrogen-bond acceptors (Lipinski definition) is 3. The van der Waals surface area contributed by atoms with E-state index in [0.29, 0.717) is 12.5 Å². The monoisotopic (exact) mass is 332 g/mol. The molecule has 1 heterocycles. The Bertz CT molecular complexity index is 588. The summed E-state index contributed by atoms with van der Waals surface area (Å²) in [6, 6.07) is 5.96. The van der Waals surface area contributed by atoms with E-state index in [1.54, 1.807) is 0 Å². The van der Waals surface area contributed by atoms with Crippen LogP contribution in [0.15, 0.2) is 18.2 Å². The van der Waals surface area contributed by atoms with Crippen molar-refractivity contribution in [1.82, 2.24) is 15.5 Å². The Morgan fingerprint density at radius 2 is 2.04 bits per heavy atom. The lowest BCUT2D eigenvalue weighted by molar-refractivity contribution is -0.120. The maximum Gasteiger partial charge on any atom is 0.312 e. The fourth-order valence-electron chi connectivity index (χ4n) is 3.11. The number of carbonyl (C=O) groups excluding carboxylic acids is 2. The Balaban J connectivity index is 1.77. The van der Waals surface area contributed by atoms with Crippen molar-refractivity contribution in [2.45, 2.75) is 33.2 Å². The Hall–Kier alpha value is -2.08. The highest BCUT2D eigenvalue weighted by Gasteiger charge is 2.20. The number of aryl methyl sites for hydroxylation is 2. The van der Waals surface area contributed by atoms with E-state index in [2.05, 4.69) is 47.6 Å². The summed E-state index contributed by atoms with van der Waals surface area (Å²) in [4.78, 5) is 24.7. The lowest BCUT2D eigenvalue weighted by atomic mass is 9.97. The Morgan fingerprint density at radius 1 is 1.25 bits per heavy atom. The van der Waals surface area contributed by atoms with Crippen molar-refractivity contribution in [3.63, 3.8) is 0 Å². The lowest BCUT2D eigenvalue weighted by Crippen LogP contribution is -2.44. The minimum absolute atomic E-state index is 0.0611. The molecule has 1 aromatic carbocycles. The van der Waals surface area contributed by atoms with Crippen LogP contribution in [0.4, 0.5) is 4.79 Å². The lowest BCUT2D eigenvalue weighted by Gasteiger charge is -2.33. The van der Waals surface area contributed by atoms with Crippen molar-refractivity contribution >= 4 is 11.9 Å². The van der Waals surface area contributed by atoms with E-state index in [-0.39, 0.29) is 12.5 Å². The average molecular weight is 332 g/mol. The van der Waals surface area contributed by atoms with E-state index in [0.717, 1.165) is 32.5 Å². The van der Waals surface area contributed by atoms with Crippen molar-refractivity contribution in [2.75, 3.05) is 26.2 Å². The molecule has 3 amide bonds. The number of urea groups is 1. The van der Waals surface area contributed by atoms with Gasteiger partial charge in [-0.1, -0.05) is 18.2 Å². The highest BCUT2D eigenvalue weighted by Crippen LogP contribution is 2.19. The van der Waals surface area contributed by atoms with Crippen LogP contribution in [-0.2, 0) is 11.3 Å². The molecule has 0 spiro atoms. The van der Waals surface area contributed by atoms with Crippen LogP contribution in [0.1, 0.15) is 29.5 Å². The molecule has 0 aliphatic carbocycles. The van der Waals surface area contributed by atoms with Gasteiger partial charge in [0.15, 0.2) is 0 Å². The predicted octanol–water partition coefficient (Wildman–Crippen LogP) is 1.30. The van der Waals surface area contributed by atoms with Gasteiger partial charge in [0.2, 0.25) is 5.91 Å². The molecule has 1 atom stereocenters. The second-order valence-electron chi connectivity index (χ2n) is 6.68. The first-order chi connectivity index (χ1) is 11.4. The Kier molecular flexibility index (Phi) is 6.61. The van der Waals surface area contributed by atoms with Crippen molar-refractivity contribution in [3.8, 4) is 0 Å². The van der Waals surface area contributed by atoms with Gasteiger partial charge in [-0.05, 0) is 55.8 Å². The summed E-state index contributed by atoms with van der Waals surface area (Å²) in [5, 5.41) is 5.17. The summed E-state index contributed by atoms with van der Waals surface area (Å²) < 4.78 is 0. The fraction of sp³-hybridized carbons (Fsp3) is 0.556. The topological polar surface area (TPSA) is 87.5 Å². The number of amides is 3. The molecule has 2 rings (SSSR count). The first kappa shape index (κ1) is 18.3. The first-order valence-electron chi connectivity index (χ1n) is 8.52.